The van der Waals surface area contributed by atoms with E-state index in [9.17, 15) is 9.59 Å². The molecule has 0 amide bonds. The zero-order valence-corrected chi connectivity index (χ0v) is 18.2. The topological polar surface area (TPSA) is 58.2 Å². The normalized spacial score (nSPS) is 12.2. The summed E-state index contributed by atoms with van der Waals surface area (Å²) in [4.78, 5) is 27.8. The molecule has 2 N–H and O–H groups in total. The van der Waals surface area contributed by atoms with E-state index in [1.807, 2.05) is 109 Å². The second-order valence-electron chi connectivity index (χ2n) is 8.30. The number of hydrogen-bond donors (Lipinski definition) is 2. The van der Waals surface area contributed by atoms with E-state index in [2.05, 4.69) is 10.6 Å². The Kier molecular flexibility index (Phi) is 4.70. The third kappa shape index (κ3) is 3.33. The molecule has 0 heterocycles. The summed E-state index contributed by atoms with van der Waals surface area (Å²) < 4.78 is 0. The Balaban J connectivity index is 1.56. The summed E-state index contributed by atoms with van der Waals surface area (Å²) in [6, 6.07) is 34.4. The van der Waals surface area contributed by atoms with Crippen molar-refractivity contribution in [1.82, 2.24) is 0 Å². The van der Waals surface area contributed by atoms with Crippen molar-refractivity contribution >= 4 is 45.1 Å². The lowest BCUT2D eigenvalue weighted by atomic mass is 9.81. The minimum Gasteiger partial charge on any atom is -0.355 e. The molecule has 0 spiro atoms. The predicted molar refractivity (Wildman–Crippen MR) is 137 cm³/mol. The fraction of sp³-hybridized carbons (Fsp3) is 0. The minimum atomic E-state index is -0.162. The quantitative estimate of drug-likeness (QED) is 0.307. The van der Waals surface area contributed by atoms with Gasteiger partial charge in [0.05, 0.1) is 22.5 Å². The fourth-order valence-corrected chi connectivity index (χ4v) is 4.52. The van der Waals surface area contributed by atoms with Crippen LogP contribution in [-0.4, -0.2) is 11.6 Å². The summed E-state index contributed by atoms with van der Waals surface area (Å²) in [6.07, 6.45) is 0. The first kappa shape index (κ1) is 19.9. The summed E-state index contributed by atoms with van der Waals surface area (Å²) in [5.74, 6) is -0.323. The van der Waals surface area contributed by atoms with Crippen LogP contribution in [0.25, 0.3) is 10.8 Å². The second kappa shape index (κ2) is 8.01. The van der Waals surface area contributed by atoms with Crippen molar-refractivity contribution in [2.75, 3.05) is 10.6 Å². The van der Waals surface area contributed by atoms with Crippen LogP contribution in [-0.2, 0) is 0 Å². The number of rotatable bonds is 4. The predicted octanol–water partition coefficient (Wildman–Crippen LogP) is 7.10. The molecule has 5 aromatic carbocycles. The van der Waals surface area contributed by atoms with Crippen molar-refractivity contribution in [3.8, 4) is 0 Å². The molecule has 0 saturated heterocycles. The summed E-state index contributed by atoms with van der Waals surface area (Å²) in [6.45, 7) is 0. The van der Waals surface area contributed by atoms with Crippen LogP contribution in [0.1, 0.15) is 31.8 Å². The third-order valence-corrected chi connectivity index (χ3v) is 6.14. The average Bonchev–Trinajstić information content (AvgIpc) is 2.88. The molecule has 0 radical (unpaired) electrons. The lowest BCUT2D eigenvalue weighted by molar-refractivity contribution is 0.0980. The Morgan fingerprint density at radius 2 is 0.824 bits per heavy atom. The Morgan fingerprint density at radius 1 is 0.441 bits per heavy atom. The molecule has 0 aromatic heterocycles. The third-order valence-electron chi connectivity index (χ3n) is 6.14. The van der Waals surface area contributed by atoms with Crippen LogP contribution >= 0.6 is 0 Å². The Hall–Kier alpha value is -4.70. The summed E-state index contributed by atoms with van der Waals surface area (Å²) in [5, 5.41) is 8.55. The van der Waals surface area contributed by atoms with E-state index >= 15 is 0 Å². The van der Waals surface area contributed by atoms with Gasteiger partial charge in [-0.15, -0.1) is 0 Å². The van der Waals surface area contributed by atoms with Crippen molar-refractivity contribution in [3.05, 3.63) is 131 Å². The highest BCUT2D eigenvalue weighted by molar-refractivity contribution is 6.33. The van der Waals surface area contributed by atoms with E-state index in [0.29, 0.717) is 33.6 Å². The van der Waals surface area contributed by atoms with Gasteiger partial charge >= 0.3 is 0 Å². The number of fused-ring (bicyclic) bond motifs is 3. The number of hydrogen-bond acceptors (Lipinski definition) is 4. The van der Waals surface area contributed by atoms with Gasteiger partial charge in [0.2, 0.25) is 0 Å². The molecule has 162 valence electrons. The van der Waals surface area contributed by atoms with Crippen molar-refractivity contribution < 1.29 is 9.59 Å². The Morgan fingerprint density at radius 3 is 1.24 bits per heavy atom. The first-order chi connectivity index (χ1) is 16.7. The van der Waals surface area contributed by atoms with Gasteiger partial charge in [0, 0.05) is 22.5 Å². The first-order valence-electron chi connectivity index (χ1n) is 11.1. The van der Waals surface area contributed by atoms with Gasteiger partial charge in [-0.3, -0.25) is 9.59 Å². The van der Waals surface area contributed by atoms with Crippen molar-refractivity contribution in [2.45, 2.75) is 0 Å². The number of carbonyl (C=O) groups excluding carboxylic acids is 2. The van der Waals surface area contributed by atoms with Crippen molar-refractivity contribution in [1.29, 1.82) is 0 Å². The van der Waals surface area contributed by atoms with Gasteiger partial charge in [-0.2, -0.15) is 0 Å². The fourth-order valence-electron chi connectivity index (χ4n) is 4.52. The molecule has 0 atom stereocenters. The van der Waals surface area contributed by atoms with Crippen LogP contribution in [0.4, 0.5) is 22.7 Å². The number of nitrogens with one attached hydrogen (secondary N) is 2. The smallest absolute Gasteiger partial charge is 0.196 e. The summed E-state index contributed by atoms with van der Waals surface area (Å²) >= 11 is 0. The molecule has 0 bridgehead atoms. The highest BCUT2D eigenvalue weighted by atomic mass is 16.1. The number of carbonyl (C=O) groups is 2. The van der Waals surface area contributed by atoms with Gasteiger partial charge in [0.1, 0.15) is 0 Å². The highest BCUT2D eigenvalue weighted by Gasteiger charge is 2.34. The van der Waals surface area contributed by atoms with Crippen LogP contribution in [0, 0.1) is 0 Å². The molecule has 34 heavy (non-hydrogen) atoms. The Bertz CT molecular complexity index is 1460. The van der Waals surface area contributed by atoms with Crippen LogP contribution in [0.15, 0.2) is 109 Å². The van der Waals surface area contributed by atoms with Gasteiger partial charge in [0.15, 0.2) is 11.6 Å². The molecule has 0 unspecified atom stereocenters. The number of anilines is 4. The minimum absolute atomic E-state index is 0.162. The molecule has 6 rings (SSSR count). The number of ketones is 2. The zero-order valence-electron chi connectivity index (χ0n) is 18.2. The van der Waals surface area contributed by atoms with Crippen LogP contribution in [0.2, 0.25) is 0 Å². The summed E-state index contributed by atoms with van der Waals surface area (Å²) in [5.41, 5.74) is 4.55. The highest BCUT2D eigenvalue weighted by Crippen LogP contribution is 2.39. The molecule has 1 aliphatic rings. The summed E-state index contributed by atoms with van der Waals surface area (Å²) in [7, 11) is 0. The van der Waals surface area contributed by atoms with E-state index in [-0.39, 0.29) is 11.6 Å². The zero-order chi connectivity index (χ0) is 23.1. The van der Waals surface area contributed by atoms with E-state index in [0.717, 1.165) is 22.1 Å². The maximum Gasteiger partial charge on any atom is 0.196 e. The second-order valence-corrected chi connectivity index (χ2v) is 8.30. The average molecular weight is 441 g/mol. The molecule has 0 saturated carbocycles. The molecule has 5 aromatic rings. The van der Waals surface area contributed by atoms with Gasteiger partial charge < -0.3 is 10.6 Å². The maximum absolute atomic E-state index is 13.9. The van der Waals surface area contributed by atoms with Crippen LogP contribution in [0.3, 0.4) is 0 Å². The van der Waals surface area contributed by atoms with Gasteiger partial charge in [-0.05, 0) is 59.3 Å². The van der Waals surface area contributed by atoms with Gasteiger partial charge in [-0.25, -0.2) is 0 Å². The number of para-hydroxylation sites is 2. The lowest BCUT2D eigenvalue weighted by Crippen LogP contribution is -2.23. The molecule has 0 aliphatic heterocycles. The molecule has 4 heteroatoms. The molecule has 0 fully saturated rings. The Labute approximate surface area is 196 Å². The lowest BCUT2D eigenvalue weighted by Gasteiger charge is -2.24. The van der Waals surface area contributed by atoms with E-state index in [1.54, 1.807) is 0 Å². The standard InChI is InChI=1S/C30H20N2O2/c33-29-23-17-19-9-7-8-10-20(19)18-24(23)30(34)28-26(32-22-13-5-2-6-14-22)16-15-25(27(28)29)31-21-11-3-1-4-12-21/h1-18,31-32H. The van der Waals surface area contributed by atoms with Crippen LogP contribution < -0.4 is 10.6 Å². The van der Waals surface area contributed by atoms with Crippen molar-refractivity contribution in [3.63, 3.8) is 0 Å². The van der Waals surface area contributed by atoms with Crippen LogP contribution in [0.5, 0.6) is 0 Å². The van der Waals surface area contributed by atoms with Gasteiger partial charge in [0.25, 0.3) is 0 Å². The maximum atomic E-state index is 13.9. The largest absolute Gasteiger partial charge is 0.355 e. The van der Waals surface area contributed by atoms with E-state index in [1.165, 1.54) is 0 Å². The first-order valence-corrected chi connectivity index (χ1v) is 11.1. The van der Waals surface area contributed by atoms with E-state index in [4.69, 9.17) is 0 Å². The van der Waals surface area contributed by atoms with E-state index < -0.39 is 0 Å². The van der Waals surface area contributed by atoms with Gasteiger partial charge in [-0.1, -0.05) is 60.7 Å². The molecular formula is C30H20N2O2. The van der Waals surface area contributed by atoms with Crippen molar-refractivity contribution in [2.24, 2.45) is 0 Å². The molecular weight excluding hydrogens is 420 g/mol. The molecule has 1 aliphatic carbocycles. The number of benzene rings is 5. The monoisotopic (exact) mass is 440 g/mol. The SMILES string of the molecule is O=C1c2cc3ccccc3cc2C(=O)c2c(Nc3ccccc3)ccc(Nc3ccccc3)c21. The molecule has 4 nitrogen and oxygen atoms in total.